The van der Waals surface area contributed by atoms with Crippen LogP contribution in [0.2, 0.25) is 5.02 Å². The molecule has 9 heteroatoms. The molecule has 2 aliphatic carbocycles. The fraction of sp³-hybridized carbons (Fsp3) is 0.538. The van der Waals surface area contributed by atoms with E-state index in [1.54, 1.807) is 17.0 Å². The second-order valence-corrected chi connectivity index (χ2v) is 13.9. The van der Waals surface area contributed by atoms with Crippen molar-refractivity contribution in [1.82, 2.24) is 9.80 Å². The first-order valence-corrected chi connectivity index (χ1v) is 17.7. The summed E-state index contributed by atoms with van der Waals surface area (Å²) in [7, 11) is 0. The first-order chi connectivity index (χ1) is 23.0. The van der Waals surface area contributed by atoms with E-state index in [1.165, 1.54) is 4.90 Å². The Hall–Kier alpha value is -3.69. The van der Waals surface area contributed by atoms with Gasteiger partial charge in [-0.15, -0.1) is 0 Å². The Balaban J connectivity index is 0.000000188. The van der Waals surface area contributed by atoms with Crippen molar-refractivity contribution >= 4 is 23.8 Å². The molecule has 3 N–H and O–H groups in total. The molecule has 6 unspecified atom stereocenters. The van der Waals surface area contributed by atoms with Crippen LogP contribution in [0.1, 0.15) is 87.8 Å². The predicted octanol–water partition coefficient (Wildman–Crippen LogP) is 6.86. The van der Waals surface area contributed by atoms with E-state index in [0.717, 1.165) is 68.1 Å². The number of benzene rings is 2. The summed E-state index contributed by atoms with van der Waals surface area (Å²) in [6.07, 6.45) is 6.86. The van der Waals surface area contributed by atoms with Crippen LogP contribution < -0.4 is 0 Å². The monoisotopic (exact) mass is 674 g/mol. The molecule has 2 saturated carbocycles. The van der Waals surface area contributed by atoms with Crippen molar-refractivity contribution in [3.63, 3.8) is 0 Å². The van der Waals surface area contributed by atoms with E-state index in [0.29, 0.717) is 37.6 Å². The van der Waals surface area contributed by atoms with Crippen LogP contribution in [0.5, 0.6) is 0 Å². The number of carboxylic acid groups (broad SMARTS) is 1. The molecule has 256 valence electrons. The Kier molecular flexibility index (Phi) is 11.6. The van der Waals surface area contributed by atoms with E-state index < -0.39 is 17.3 Å². The van der Waals surface area contributed by atoms with Crippen LogP contribution in [-0.2, 0) is 4.74 Å². The van der Waals surface area contributed by atoms with E-state index in [9.17, 15) is 24.9 Å². The molecule has 2 aromatic carbocycles. The highest BCUT2D eigenvalue weighted by atomic mass is 35.5. The Labute approximate surface area is 289 Å². The average molecular weight is 675 g/mol. The summed E-state index contributed by atoms with van der Waals surface area (Å²) >= 11 is 6.01. The molecule has 4 aliphatic rings. The minimum Gasteiger partial charge on any atom is -0.465 e. The van der Waals surface area contributed by atoms with Gasteiger partial charge in [0.1, 0.15) is 11.2 Å². The summed E-state index contributed by atoms with van der Waals surface area (Å²) < 4.78 is 5.20. The SMILES string of the molecule is CCOC(=O)N1CCCC2C1CCCC2(O)C#Cc1cccc(Cl)c1.Cc1cccc(C#CC2(O)CCCC3C2CCCN3C(=O)O)c1. The largest absolute Gasteiger partial charge is 0.465 e. The van der Waals surface area contributed by atoms with Crippen LogP contribution in [0.15, 0.2) is 48.5 Å². The third-order valence-electron chi connectivity index (χ3n) is 10.3. The molecular formula is C39H47ClN2O6. The molecule has 0 aromatic heterocycles. The summed E-state index contributed by atoms with van der Waals surface area (Å²) in [5.74, 6) is 12.3. The normalized spacial score (nSPS) is 29.3. The van der Waals surface area contributed by atoms with Gasteiger partial charge in [-0.3, -0.25) is 0 Å². The van der Waals surface area contributed by atoms with Gasteiger partial charge in [0.2, 0.25) is 0 Å². The lowest BCUT2D eigenvalue weighted by molar-refractivity contribution is -0.0640. The van der Waals surface area contributed by atoms with E-state index in [-0.39, 0.29) is 30.0 Å². The highest BCUT2D eigenvalue weighted by Gasteiger charge is 2.49. The van der Waals surface area contributed by atoms with Crippen molar-refractivity contribution in [3.8, 4) is 23.7 Å². The molecule has 2 saturated heterocycles. The third-order valence-corrected chi connectivity index (χ3v) is 10.6. The Morgan fingerprint density at radius 2 is 1.38 bits per heavy atom. The number of amides is 2. The topological polar surface area (TPSA) is 111 Å². The van der Waals surface area contributed by atoms with Crippen LogP contribution in [-0.4, -0.2) is 80.3 Å². The van der Waals surface area contributed by atoms with Crippen LogP contribution in [0.4, 0.5) is 9.59 Å². The zero-order chi connectivity index (χ0) is 34.3. The van der Waals surface area contributed by atoms with Crippen LogP contribution in [0.3, 0.4) is 0 Å². The van der Waals surface area contributed by atoms with E-state index in [1.807, 2.05) is 50.2 Å². The fourth-order valence-corrected chi connectivity index (χ4v) is 8.30. The number of fused-ring (bicyclic) bond motifs is 2. The number of piperidine rings is 2. The number of hydrogen-bond acceptors (Lipinski definition) is 5. The summed E-state index contributed by atoms with van der Waals surface area (Å²) in [5, 5.41) is 32.4. The van der Waals surface area contributed by atoms with Crippen molar-refractivity contribution in [1.29, 1.82) is 0 Å². The lowest BCUT2D eigenvalue weighted by Crippen LogP contribution is -2.58. The van der Waals surface area contributed by atoms with Gasteiger partial charge in [0.25, 0.3) is 0 Å². The van der Waals surface area contributed by atoms with Crippen molar-refractivity contribution in [2.24, 2.45) is 11.8 Å². The standard InChI is InChI=1S/C20H24ClNO3.C19H23NO3/c1-2-25-19(23)22-13-5-8-17-18(22)9-4-11-20(17,24)12-10-15-6-3-7-16(21)14-15;1-14-5-2-6-15(13-14)9-11-19(23)10-3-8-17-16(19)7-4-12-20(17)18(21)22/h3,6-7,14,17-18,24H,2,4-5,8-9,11,13H2,1H3;2,5-6,13,16-17,23H,3-4,7-8,10,12H2,1H3,(H,21,22). The summed E-state index contributed by atoms with van der Waals surface area (Å²) in [5.41, 5.74) is 0.671. The molecule has 2 heterocycles. The zero-order valence-electron chi connectivity index (χ0n) is 28.0. The van der Waals surface area contributed by atoms with Gasteiger partial charge in [-0.25, -0.2) is 9.59 Å². The van der Waals surface area contributed by atoms with Gasteiger partial charge in [-0.1, -0.05) is 53.5 Å². The second kappa shape index (κ2) is 15.7. The predicted molar refractivity (Wildman–Crippen MR) is 185 cm³/mol. The number of aliphatic hydroxyl groups is 2. The van der Waals surface area contributed by atoms with Crippen molar-refractivity contribution in [2.45, 2.75) is 101 Å². The Morgan fingerprint density at radius 3 is 1.92 bits per heavy atom. The number of carbonyl (C=O) groups is 2. The number of likely N-dealkylation sites (tertiary alicyclic amines) is 2. The van der Waals surface area contributed by atoms with Crippen LogP contribution in [0.25, 0.3) is 0 Å². The summed E-state index contributed by atoms with van der Waals surface area (Å²) in [6, 6.07) is 15.1. The highest BCUT2D eigenvalue weighted by Crippen LogP contribution is 2.43. The fourth-order valence-electron chi connectivity index (χ4n) is 8.11. The van der Waals surface area contributed by atoms with E-state index in [4.69, 9.17) is 16.3 Å². The van der Waals surface area contributed by atoms with Gasteiger partial charge >= 0.3 is 12.2 Å². The maximum absolute atomic E-state index is 12.3. The van der Waals surface area contributed by atoms with Crippen molar-refractivity contribution in [3.05, 3.63) is 70.2 Å². The third kappa shape index (κ3) is 8.29. The van der Waals surface area contributed by atoms with Gasteiger partial charge in [-0.05, 0) is 114 Å². The van der Waals surface area contributed by atoms with Gasteiger partial charge in [0.05, 0.1) is 6.61 Å². The summed E-state index contributed by atoms with van der Waals surface area (Å²) in [4.78, 5) is 27.0. The molecule has 6 atom stereocenters. The average Bonchev–Trinajstić information content (AvgIpc) is 3.07. The molecule has 0 radical (unpaired) electrons. The van der Waals surface area contributed by atoms with Crippen molar-refractivity contribution < 1.29 is 29.6 Å². The molecule has 2 aliphatic heterocycles. The lowest BCUT2D eigenvalue weighted by atomic mass is 9.68. The highest BCUT2D eigenvalue weighted by molar-refractivity contribution is 6.30. The summed E-state index contributed by atoms with van der Waals surface area (Å²) in [6.45, 7) is 5.46. The molecule has 0 spiro atoms. The van der Waals surface area contributed by atoms with Crippen LogP contribution >= 0.6 is 11.6 Å². The molecule has 4 fully saturated rings. The molecule has 8 nitrogen and oxygen atoms in total. The first kappa shape index (κ1) is 35.6. The number of aryl methyl sites for hydroxylation is 1. The van der Waals surface area contributed by atoms with Gasteiger partial charge in [0, 0.05) is 53.2 Å². The number of carbonyl (C=O) groups excluding carboxylic acids is 1. The molecule has 48 heavy (non-hydrogen) atoms. The number of halogens is 1. The number of hydrogen-bond donors (Lipinski definition) is 3. The van der Waals surface area contributed by atoms with E-state index >= 15 is 0 Å². The molecule has 0 bridgehead atoms. The second-order valence-electron chi connectivity index (χ2n) is 13.5. The molecule has 2 amide bonds. The lowest BCUT2D eigenvalue weighted by Gasteiger charge is -2.49. The minimum absolute atomic E-state index is 0.000196. The van der Waals surface area contributed by atoms with Gasteiger partial charge in [-0.2, -0.15) is 0 Å². The van der Waals surface area contributed by atoms with Crippen molar-refractivity contribution in [2.75, 3.05) is 19.7 Å². The maximum atomic E-state index is 12.3. The zero-order valence-corrected chi connectivity index (χ0v) is 28.7. The minimum atomic E-state index is -1.08. The van der Waals surface area contributed by atoms with Crippen LogP contribution in [0, 0.1) is 42.4 Å². The maximum Gasteiger partial charge on any atom is 0.410 e. The van der Waals surface area contributed by atoms with Gasteiger partial charge < -0.3 is 29.9 Å². The Morgan fingerprint density at radius 1 is 0.833 bits per heavy atom. The number of nitrogens with zero attached hydrogens (tertiary/aromatic N) is 2. The first-order valence-electron chi connectivity index (χ1n) is 17.3. The van der Waals surface area contributed by atoms with Gasteiger partial charge in [0.15, 0.2) is 0 Å². The Bertz CT molecular complexity index is 1590. The number of rotatable bonds is 1. The number of ether oxygens (including phenoxy) is 1. The van der Waals surface area contributed by atoms with E-state index in [2.05, 4.69) is 23.7 Å². The molecule has 6 rings (SSSR count). The smallest absolute Gasteiger partial charge is 0.410 e. The quantitative estimate of drug-likeness (QED) is 0.285. The molecular weight excluding hydrogens is 628 g/mol. The molecule has 2 aromatic rings.